The van der Waals surface area contributed by atoms with E-state index in [2.05, 4.69) is 42.3 Å². The zero-order chi connectivity index (χ0) is 17.5. The smallest absolute Gasteiger partial charge is 0.250 e. The minimum atomic E-state index is -0.796. The summed E-state index contributed by atoms with van der Waals surface area (Å²) in [5, 5.41) is 3.64. The number of nitrogens with zero attached hydrogens (tertiary/aromatic N) is 1. The standard InChI is InChI=1S/C20H28N2OS/c1-14-10-20(23)22(2)13-18(14)17-11-16(24(3,4)5)8-9-19(17)21-12-15-6-7-15/h8-11,13,15,21H,6-7,12H2,1-5H3. The van der Waals surface area contributed by atoms with Crippen LogP contribution in [0, 0.1) is 12.8 Å². The van der Waals surface area contributed by atoms with Crippen LogP contribution in [-0.4, -0.2) is 29.9 Å². The number of nitrogens with one attached hydrogen (secondary N) is 1. The third-order valence-corrected chi connectivity index (χ3v) is 6.37. The van der Waals surface area contributed by atoms with Crippen LogP contribution in [0.2, 0.25) is 0 Å². The van der Waals surface area contributed by atoms with Crippen molar-refractivity contribution >= 4 is 15.7 Å². The second kappa shape index (κ2) is 6.32. The molecular weight excluding hydrogens is 316 g/mol. The molecule has 130 valence electrons. The fourth-order valence-electron chi connectivity index (χ4n) is 2.86. The normalized spacial score (nSPS) is 15.4. The lowest BCUT2D eigenvalue weighted by atomic mass is 10.0. The van der Waals surface area contributed by atoms with E-state index < -0.39 is 10.0 Å². The SMILES string of the molecule is Cc1cc(=O)n(C)cc1-c1cc(S(C)(C)C)ccc1NCC1CC1. The third-order valence-electron chi connectivity index (χ3n) is 4.70. The third kappa shape index (κ3) is 3.69. The van der Waals surface area contributed by atoms with Gasteiger partial charge in [-0.3, -0.25) is 4.79 Å². The molecule has 0 atom stereocenters. The molecule has 0 amide bonds. The van der Waals surface area contributed by atoms with E-state index in [1.54, 1.807) is 10.6 Å². The molecule has 0 radical (unpaired) electrons. The van der Waals surface area contributed by atoms with Crippen molar-refractivity contribution in [1.82, 2.24) is 4.57 Å². The average Bonchev–Trinajstić information content (AvgIpc) is 3.32. The Labute approximate surface area is 146 Å². The zero-order valence-electron chi connectivity index (χ0n) is 15.3. The molecule has 0 bridgehead atoms. The van der Waals surface area contributed by atoms with E-state index in [0.717, 1.165) is 23.6 Å². The monoisotopic (exact) mass is 344 g/mol. The summed E-state index contributed by atoms with van der Waals surface area (Å²) in [6, 6.07) is 8.52. The number of hydrogen-bond donors (Lipinski definition) is 1. The van der Waals surface area contributed by atoms with Gasteiger partial charge in [-0.25, -0.2) is 10.0 Å². The Balaban J connectivity index is 2.10. The van der Waals surface area contributed by atoms with Crippen LogP contribution in [-0.2, 0) is 7.05 Å². The molecule has 1 N–H and O–H groups in total. The first-order chi connectivity index (χ1) is 11.3. The van der Waals surface area contributed by atoms with Gasteiger partial charge in [0.05, 0.1) is 0 Å². The second-order valence-electron chi connectivity index (χ2n) is 7.69. The summed E-state index contributed by atoms with van der Waals surface area (Å²) in [7, 11) is 1.02. The minimum Gasteiger partial charge on any atom is -0.384 e. The number of pyridine rings is 1. The highest BCUT2D eigenvalue weighted by Crippen LogP contribution is 2.47. The lowest BCUT2D eigenvalue weighted by molar-refractivity contribution is 0.857. The molecule has 24 heavy (non-hydrogen) atoms. The summed E-state index contributed by atoms with van der Waals surface area (Å²) in [5.74, 6) is 0.826. The van der Waals surface area contributed by atoms with Gasteiger partial charge in [0.25, 0.3) is 5.56 Å². The number of hydrogen-bond acceptors (Lipinski definition) is 2. The molecular formula is C20H28N2OS. The molecule has 1 aliphatic rings. The first kappa shape index (κ1) is 17.2. The van der Waals surface area contributed by atoms with E-state index in [1.165, 1.54) is 29.0 Å². The molecule has 1 aliphatic carbocycles. The summed E-state index contributed by atoms with van der Waals surface area (Å²) < 4.78 is 1.67. The number of benzene rings is 1. The first-order valence-corrected chi connectivity index (χ1v) is 11.4. The van der Waals surface area contributed by atoms with Crippen molar-refractivity contribution in [2.75, 3.05) is 30.6 Å². The van der Waals surface area contributed by atoms with Gasteiger partial charge in [-0.1, -0.05) is 0 Å². The molecule has 3 rings (SSSR count). The Bertz CT molecular complexity index is 813. The molecule has 0 unspecified atom stereocenters. The minimum absolute atomic E-state index is 0.0429. The van der Waals surface area contributed by atoms with Crippen LogP contribution in [0.25, 0.3) is 11.1 Å². The fourth-order valence-corrected chi connectivity index (χ4v) is 3.81. The number of rotatable bonds is 5. The van der Waals surface area contributed by atoms with Gasteiger partial charge in [-0.2, -0.15) is 0 Å². The fraction of sp³-hybridized carbons (Fsp3) is 0.450. The quantitative estimate of drug-likeness (QED) is 0.880. The van der Waals surface area contributed by atoms with Crippen LogP contribution in [0.5, 0.6) is 0 Å². The zero-order valence-corrected chi connectivity index (χ0v) is 16.2. The van der Waals surface area contributed by atoms with Crippen molar-refractivity contribution in [3.63, 3.8) is 0 Å². The van der Waals surface area contributed by atoms with E-state index in [4.69, 9.17) is 0 Å². The van der Waals surface area contributed by atoms with E-state index >= 15 is 0 Å². The Hall–Kier alpha value is -1.68. The maximum Gasteiger partial charge on any atom is 0.250 e. The maximum absolute atomic E-state index is 11.9. The van der Waals surface area contributed by atoms with Gasteiger partial charge in [0.1, 0.15) is 0 Å². The summed E-state index contributed by atoms with van der Waals surface area (Å²) in [6.07, 6.45) is 11.6. The highest BCUT2D eigenvalue weighted by molar-refractivity contribution is 8.32. The van der Waals surface area contributed by atoms with E-state index in [1.807, 2.05) is 20.2 Å². The van der Waals surface area contributed by atoms with Crippen LogP contribution >= 0.6 is 10.0 Å². The highest BCUT2D eigenvalue weighted by Gasteiger charge is 2.22. The summed E-state index contributed by atoms with van der Waals surface area (Å²) in [5.41, 5.74) is 4.61. The van der Waals surface area contributed by atoms with Gasteiger partial charge < -0.3 is 9.88 Å². The van der Waals surface area contributed by atoms with Gasteiger partial charge in [0, 0.05) is 42.7 Å². The first-order valence-electron chi connectivity index (χ1n) is 8.49. The summed E-state index contributed by atoms with van der Waals surface area (Å²) in [4.78, 5) is 13.3. The molecule has 3 nitrogen and oxygen atoms in total. The average molecular weight is 345 g/mol. The lowest BCUT2D eigenvalue weighted by Crippen LogP contribution is -2.16. The molecule has 1 saturated carbocycles. The van der Waals surface area contributed by atoms with E-state index in [9.17, 15) is 4.79 Å². The molecule has 0 spiro atoms. The van der Waals surface area contributed by atoms with E-state index in [0.29, 0.717) is 0 Å². The van der Waals surface area contributed by atoms with E-state index in [-0.39, 0.29) is 5.56 Å². The molecule has 4 heteroatoms. The van der Waals surface area contributed by atoms with Crippen molar-refractivity contribution in [3.05, 3.63) is 46.4 Å². The van der Waals surface area contributed by atoms with Crippen molar-refractivity contribution in [2.24, 2.45) is 13.0 Å². The highest BCUT2D eigenvalue weighted by atomic mass is 32.3. The Morgan fingerprint density at radius 3 is 2.50 bits per heavy atom. The van der Waals surface area contributed by atoms with Crippen molar-refractivity contribution in [3.8, 4) is 11.1 Å². The predicted octanol–water partition coefficient (Wildman–Crippen LogP) is 4.24. The summed E-state index contributed by atoms with van der Waals surface area (Å²) in [6.45, 7) is 3.07. The van der Waals surface area contributed by atoms with Crippen LogP contribution in [0.3, 0.4) is 0 Å². The lowest BCUT2D eigenvalue weighted by Gasteiger charge is -2.27. The van der Waals surface area contributed by atoms with Crippen LogP contribution in [0.4, 0.5) is 5.69 Å². The van der Waals surface area contributed by atoms with Crippen molar-refractivity contribution in [2.45, 2.75) is 24.7 Å². The molecule has 2 aromatic rings. The van der Waals surface area contributed by atoms with Crippen LogP contribution in [0.1, 0.15) is 18.4 Å². The Kier molecular flexibility index (Phi) is 4.52. The molecule has 1 fully saturated rings. The number of aryl methyl sites for hydroxylation is 2. The number of anilines is 1. The molecule has 1 aromatic carbocycles. The topological polar surface area (TPSA) is 34.0 Å². The van der Waals surface area contributed by atoms with Gasteiger partial charge in [-0.05, 0) is 73.1 Å². The van der Waals surface area contributed by atoms with Gasteiger partial charge in [-0.15, -0.1) is 0 Å². The van der Waals surface area contributed by atoms with Gasteiger partial charge in [0.15, 0.2) is 0 Å². The molecule has 1 aromatic heterocycles. The maximum atomic E-state index is 11.9. The van der Waals surface area contributed by atoms with Crippen molar-refractivity contribution < 1.29 is 0 Å². The Morgan fingerprint density at radius 2 is 1.88 bits per heavy atom. The Morgan fingerprint density at radius 1 is 1.17 bits per heavy atom. The van der Waals surface area contributed by atoms with Gasteiger partial charge in [0.2, 0.25) is 0 Å². The van der Waals surface area contributed by atoms with Gasteiger partial charge >= 0.3 is 0 Å². The molecule has 0 aliphatic heterocycles. The number of aromatic nitrogens is 1. The molecule has 0 saturated heterocycles. The second-order valence-corrected chi connectivity index (χ2v) is 11.8. The summed E-state index contributed by atoms with van der Waals surface area (Å²) >= 11 is 0. The van der Waals surface area contributed by atoms with Crippen LogP contribution < -0.4 is 10.9 Å². The van der Waals surface area contributed by atoms with Crippen LogP contribution in [0.15, 0.2) is 40.2 Å². The van der Waals surface area contributed by atoms with Crippen molar-refractivity contribution in [1.29, 1.82) is 0 Å². The predicted molar refractivity (Wildman–Crippen MR) is 107 cm³/mol. The molecule has 1 heterocycles. The largest absolute Gasteiger partial charge is 0.384 e.